The molecule has 94 valence electrons. The highest BCUT2D eigenvalue weighted by Gasteiger charge is 2.26. The molecule has 0 aliphatic carbocycles. The molecule has 1 fully saturated rings. The van der Waals surface area contributed by atoms with Crippen LogP contribution in [0.5, 0.6) is 0 Å². The Labute approximate surface area is 107 Å². The lowest BCUT2D eigenvalue weighted by Gasteiger charge is -2.26. The second kappa shape index (κ2) is 4.51. The predicted molar refractivity (Wildman–Crippen MR) is 62.2 cm³/mol. The smallest absolute Gasteiger partial charge is 0.305 e. The van der Waals surface area contributed by atoms with Gasteiger partial charge in [-0.15, -0.1) is 0 Å². The maximum Gasteiger partial charge on any atom is 0.305 e. The van der Waals surface area contributed by atoms with E-state index in [9.17, 15) is 4.79 Å². The molecule has 2 aromatic rings. The molecule has 0 bridgehead atoms. The second-order valence-corrected chi connectivity index (χ2v) is 4.24. The van der Waals surface area contributed by atoms with Gasteiger partial charge in [-0.1, -0.05) is 4.98 Å². The Hall–Kier alpha value is -1.73. The van der Waals surface area contributed by atoms with Crippen molar-refractivity contribution < 1.29 is 14.5 Å². The molecule has 3 rings (SSSR count). The van der Waals surface area contributed by atoms with Crippen molar-refractivity contribution in [2.75, 3.05) is 26.3 Å². The number of carbonyl (C=O) groups excluding carboxylic acids is 1. The van der Waals surface area contributed by atoms with Crippen LogP contribution in [0.4, 0.5) is 0 Å². The van der Waals surface area contributed by atoms with Gasteiger partial charge in [0, 0.05) is 13.1 Å². The highest BCUT2D eigenvalue weighted by molar-refractivity contribution is 6.28. The lowest BCUT2D eigenvalue weighted by atomic mass is 10.3. The van der Waals surface area contributed by atoms with E-state index in [1.165, 1.54) is 0 Å². The molecule has 18 heavy (non-hydrogen) atoms. The number of hydrogen-bond acceptors (Lipinski definition) is 4. The quantitative estimate of drug-likeness (QED) is 0.732. The molecule has 7 nitrogen and oxygen atoms in total. The summed E-state index contributed by atoms with van der Waals surface area (Å²) in [5, 5.41) is 0.0509. The number of imidazole rings is 1. The van der Waals surface area contributed by atoms with Crippen LogP contribution in [0.25, 0.3) is 11.2 Å². The van der Waals surface area contributed by atoms with Crippen LogP contribution in [0.15, 0.2) is 6.33 Å². The largest absolute Gasteiger partial charge is 0.378 e. The molecule has 2 aromatic heterocycles. The summed E-state index contributed by atoms with van der Waals surface area (Å²) in [7, 11) is 0. The molecule has 2 N–H and O–H groups in total. The Morgan fingerprint density at radius 1 is 1.44 bits per heavy atom. The number of aromatic nitrogens is 4. The minimum atomic E-state index is -0.163. The fourth-order valence-corrected chi connectivity index (χ4v) is 2.09. The first-order chi connectivity index (χ1) is 8.75. The Morgan fingerprint density at radius 3 is 3.00 bits per heavy atom. The molecule has 3 heterocycles. The predicted octanol–water partition coefficient (Wildman–Crippen LogP) is -0.102. The number of nitrogens with one attached hydrogen (secondary N) is 2. The highest BCUT2D eigenvalue weighted by Crippen LogP contribution is 2.15. The first-order valence-corrected chi connectivity index (χ1v) is 5.93. The molecule has 0 unspecified atom stereocenters. The summed E-state index contributed by atoms with van der Waals surface area (Å²) in [4.78, 5) is 27.9. The molecule has 8 heteroatoms. The number of fused-ring (bicyclic) bond motifs is 1. The van der Waals surface area contributed by atoms with Crippen LogP contribution in [0.3, 0.4) is 0 Å². The molecule has 1 saturated heterocycles. The van der Waals surface area contributed by atoms with Gasteiger partial charge >= 0.3 is 5.65 Å². The van der Waals surface area contributed by atoms with Gasteiger partial charge in [0.25, 0.3) is 11.2 Å². The summed E-state index contributed by atoms with van der Waals surface area (Å²) in [5.74, 6) is -0.163. The molecule has 1 amide bonds. The van der Waals surface area contributed by atoms with Gasteiger partial charge in [-0.2, -0.15) is 4.98 Å². The van der Waals surface area contributed by atoms with Crippen LogP contribution in [-0.4, -0.2) is 52.1 Å². The molecule has 0 saturated carbocycles. The van der Waals surface area contributed by atoms with Gasteiger partial charge in [0.1, 0.15) is 0 Å². The van der Waals surface area contributed by atoms with E-state index in [2.05, 4.69) is 19.9 Å². The third-order valence-electron chi connectivity index (χ3n) is 2.81. The van der Waals surface area contributed by atoms with E-state index in [-0.39, 0.29) is 16.9 Å². The first-order valence-electron chi connectivity index (χ1n) is 5.55. The molecule has 0 spiro atoms. The molecular weight excluding hydrogens is 258 g/mol. The number of nitrogens with zero attached hydrogens (tertiary/aromatic N) is 3. The first kappa shape index (κ1) is 11.4. The van der Waals surface area contributed by atoms with Crippen molar-refractivity contribution in [3.63, 3.8) is 0 Å². The zero-order valence-corrected chi connectivity index (χ0v) is 10.2. The summed E-state index contributed by atoms with van der Waals surface area (Å²) in [6.07, 6.45) is 1.59. The normalized spacial score (nSPS) is 16.2. The van der Waals surface area contributed by atoms with Crippen LogP contribution >= 0.6 is 11.6 Å². The van der Waals surface area contributed by atoms with E-state index >= 15 is 0 Å². The van der Waals surface area contributed by atoms with Crippen molar-refractivity contribution in [3.05, 3.63) is 17.3 Å². The average molecular weight is 269 g/mol. The molecule has 0 radical (unpaired) electrons. The van der Waals surface area contributed by atoms with Crippen molar-refractivity contribution in [2.45, 2.75) is 0 Å². The lowest BCUT2D eigenvalue weighted by Crippen LogP contribution is -2.41. The van der Waals surface area contributed by atoms with Gasteiger partial charge in [-0.3, -0.25) is 9.78 Å². The van der Waals surface area contributed by atoms with E-state index in [0.717, 1.165) is 0 Å². The fourth-order valence-electron chi connectivity index (χ4n) is 1.92. The third-order valence-corrected chi connectivity index (χ3v) is 2.98. The van der Waals surface area contributed by atoms with Gasteiger partial charge in [-0.05, 0) is 11.6 Å². The van der Waals surface area contributed by atoms with Gasteiger partial charge in [-0.25, -0.2) is 4.98 Å². The van der Waals surface area contributed by atoms with E-state index in [4.69, 9.17) is 16.3 Å². The fraction of sp³-hybridized carbons (Fsp3) is 0.400. The van der Waals surface area contributed by atoms with Crippen molar-refractivity contribution in [1.82, 2.24) is 19.9 Å². The minimum absolute atomic E-state index is 0.0509. The molecule has 1 aliphatic rings. The second-order valence-electron chi connectivity index (χ2n) is 3.90. The molecule has 1 aliphatic heterocycles. The average Bonchev–Trinajstić information content (AvgIpc) is 2.86. The van der Waals surface area contributed by atoms with Crippen molar-refractivity contribution in [2.24, 2.45) is 0 Å². The van der Waals surface area contributed by atoms with E-state index in [1.54, 1.807) is 11.2 Å². The SMILES string of the molecule is O=C(c1nc(Cl)nc2[nH+]c[nH]c12)N1CCOCC1. The summed E-state index contributed by atoms with van der Waals surface area (Å²) in [5.41, 5.74) is 1.37. The van der Waals surface area contributed by atoms with Gasteiger partial charge in [0.2, 0.25) is 5.52 Å². The van der Waals surface area contributed by atoms with Crippen molar-refractivity contribution in [1.29, 1.82) is 0 Å². The summed E-state index contributed by atoms with van der Waals surface area (Å²) >= 11 is 5.81. The maximum atomic E-state index is 12.4. The number of amides is 1. The lowest BCUT2D eigenvalue weighted by molar-refractivity contribution is -0.347. The van der Waals surface area contributed by atoms with Gasteiger partial charge in [0.15, 0.2) is 12.0 Å². The maximum absolute atomic E-state index is 12.4. The Morgan fingerprint density at radius 2 is 2.22 bits per heavy atom. The number of hydrogen-bond donors (Lipinski definition) is 1. The number of halogens is 1. The Bertz CT molecular complexity index is 593. The van der Waals surface area contributed by atoms with Crippen LogP contribution in [-0.2, 0) is 4.74 Å². The van der Waals surface area contributed by atoms with Crippen LogP contribution < -0.4 is 4.98 Å². The number of carbonyl (C=O) groups is 1. The summed E-state index contributed by atoms with van der Waals surface area (Å²) < 4.78 is 5.22. The topological polar surface area (TPSA) is 85.2 Å². The van der Waals surface area contributed by atoms with Crippen molar-refractivity contribution in [3.8, 4) is 0 Å². The third kappa shape index (κ3) is 1.91. The number of aromatic amines is 2. The van der Waals surface area contributed by atoms with E-state index < -0.39 is 0 Å². The molecule has 0 aromatic carbocycles. The van der Waals surface area contributed by atoms with Gasteiger partial charge < -0.3 is 9.64 Å². The van der Waals surface area contributed by atoms with Gasteiger partial charge in [0.05, 0.1) is 13.2 Å². The zero-order chi connectivity index (χ0) is 12.5. The molecule has 0 atom stereocenters. The summed E-state index contributed by atoms with van der Waals surface area (Å²) in [6.45, 7) is 2.22. The Balaban J connectivity index is 2.02. The van der Waals surface area contributed by atoms with Crippen LogP contribution in [0.1, 0.15) is 10.5 Å². The standard InChI is InChI=1S/C10H10ClN5O2/c11-10-14-7(6-8(15-10)13-5-12-6)9(17)16-1-3-18-4-2-16/h5H,1-4H2,(H,12,13,14,15)/p+1. The monoisotopic (exact) mass is 268 g/mol. The number of morpholine rings is 1. The highest BCUT2D eigenvalue weighted by atomic mass is 35.5. The van der Waals surface area contributed by atoms with Crippen LogP contribution in [0.2, 0.25) is 5.28 Å². The van der Waals surface area contributed by atoms with E-state index in [0.29, 0.717) is 37.5 Å². The number of ether oxygens (including phenoxy) is 1. The number of H-pyrrole nitrogens is 2. The summed E-state index contributed by atoms with van der Waals surface area (Å²) in [6, 6.07) is 0. The Kier molecular flexibility index (Phi) is 2.85. The number of rotatable bonds is 1. The zero-order valence-electron chi connectivity index (χ0n) is 9.44. The van der Waals surface area contributed by atoms with E-state index in [1.807, 2.05) is 0 Å². The van der Waals surface area contributed by atoms with Crippen LogP contribution in [0, 0.1) is 0 Å². The minimum Gasteiger partial charge on any atom is -0.378 e. The molecular formula is C10H11ClN5O2+. The van der Waals surface area contributed by atoms with Crippen molar-refractivity contribution >= 4 is 28.7 Å².